The van der Waals surface area contributed by atoms with Crippen molar-refractivity contribution in [1.29, 1.82) is 0 Å². The van der Waals surface area contributed by atoms with E-state index in [1.165, 1.54) is 12.1 Å². The molecule has 1 aliphatic heterocycles. The molecule has 0 saturated carbocycles. The van der Waals surface area contributed by atoms with Crippen LogP contribution in [-0.4, -0.2) is 21.6 Å². The molecule has 1 aromatic heterocycles. The van der Waals surface area contributed by atoms with Crippen molar-refractivity contribution in [3.05, 3.63) is 70.8 Å². The molecule has 0 aliphatic carbocycles. The lowest BCUT2D eigenvalue weighted by atomic mass is 10.0. The molecule has 0 N–H and O–H groups in total. The van der Waals surface area contributed by atoms with Crippen molar-refractivity contribution < 1.29 is 8.91 Å². The summed E-state index contributed by atoms with van der Waals surface area (Å²) >= 11 is 6.02. The Balaban J connectivity index is 1.51. The highest BCUT2D eigenvalue weighted by molar-refractivity contribution is 6.30. The summed E-state index contributed by atoms with van der Waals surface area (Å²) in [7, 11) is 0. The van der Waals surface area contributed by atoms with Gasteiger partial charge in [0, 0.05) is 16.6 Å². The SMILES string of the molecule is Fc1ccc([C@H]2CCCN2Cc2nc(-c3cccc(Cl)c3)no2)cc1. The monoisotopic (exact) mass is 357 g/mol. The number of halogens is 2. The van der Waals surface area contributed by atoms with E-state index in [2.05, 4.69) is 15.0 Å². The van der Waals surface area contributed by atoms with Gasteiger partial charge in [-0.3, -0.25) is 4.90 Å². The molecule has 1 atom stereocenters. The van der Waals surface area contributed by atoms with Gasteiger partial charge in [-0.15, -0.1) is 0 Å². The summed E-state index contributed by atoms with van der Waals surface area (Å²) in [5.74, 6) is 0.898. The smallest absolute Gasteiger partial charge is 0.241 e. The van der Waals surface area contributed by atoms with Crippen LogP contribution in [0.5, 0.6) is 0 Å². The molecule has 0 spiro atoms. The fourth-order valence-electron chi connectivity index (χ4n) is 3.32. The summed E-state index contributed by atoms with van der Waals surface area (Å²) < 4.78 is 18.6. The summed E-state index contributed by atoms with van der Waals surface area (Å²) in [6, 6.07) is 14.4. The average Bonchev–Trinajstić information content (AvgIpc) is 3.26. The molecule has 128 valence electrons. The zero-order valence-electron chi connectivity index (χ0n) is 13.5. The predicted molar refractivity (Wildman–Crippen MR) is 93.5 cm³/mol. The van der Waals surface area contributed by atoms with Crippen LogP contribution in [0.25, 0.3) is 11.4 Å². The maximum Gasteiger partial charge on any atom is 0.241 e. The molecule has 4 rings (SSSR count). The lowest BCUT2D eigenvalue weighted by molar-refractivity contribution is 0.212. The van der Waals surface area contributed by atoms with Crippen molar-refractivity contribution in [2.24, 2.45) is 0 Å². The second-order valence-corrected chi connectivity index (χ2v) is 6.64. The molecule has 0 bridgehead atoms. The first-order chi connectivity index (χ1) is 12.2. The van der Waals surface area contributed by atoms with E-state index in [-0.39, 0.29) is 11.9 Å². The number of hydrogen-bond acceptors (Lipinski definition) is 4. The molecule has 0 amide bonds. The van der Waals surface area contributed by atoms with E-state index in [0.29, 0.717) is 23.3 Å². The molecular weight excluding hydrogens is 341 g/mol. The number of aromatic nitrogens is 2. The Morgan fingerprint density at radius 1 is 1.20 bits per heavy atom. The van der Waals surface area contributed by atoms with Gasteiger partial charge in [-0.2, -0.15) is 4.98 Å². The number of likely N-dealkylation sites (tertiary alicyclic amines) is 1. The van der Waals surface area contributed by atoms with Gasteiger partial charge in [-0.05, 0) is 49.2 Å². The van der Waals surface area contributed by atoms with Crippen LogP contribution in [0.3, 0.4) is 0 Å². The van der Waals surface area contributed by atoms with Crippen LogP contribution in [0.4, 0.5) is 4.39 Å². The minimum atomic E-state index is -0.212. The molecule has 1 saturated heterocycles. The van der Waals surface area contributed by atoms with Gasteiger partial charge >= 0.3 is 0 Å². The summed E-state index contributed by atoms with van der Waals surface area (Å²) in [6.45, 7) is 1.53. The van der Waals surface area contributed by atoms with Crippen LogP contribution >= 0.6 is 11.6 Å². The van der Waals surface area contributed by atoms with Crippen molar-refractivity contribution in [2.45, 2.75) is 25.4 Å². The van der Waals surface area contributed by atoms with Gasteiger partial charge in [-0.25, -0.2) is 4.39 Å². The minimum absolute atomic E-state index is 0.212. The molecule has 4 nitrogen and oxygen atoms in total. The van der Waals surface area contributed by atoms with Crippen molar-refractivity contribution in [2.75, 3.05) is 6.54 Å². The Kier molecular flexibility index (Phi) is 4.51. The van der Waals surface area contributed by atoms with E-state index in [1.54, 1.807) is 0 Å². The number of nitrogens with zero attached hydrogens (tertiary/aromatic N) is 3. The molecular formula is C19H17ClFN3O. The van der Waals surface area contributed by atoms with Crippen LogP contribution < -0.4 is 0 Å². The van der Waals surface area contributed by atoms with Gasteiger partial charge in [0.1, 0.15) is 5.82 Å². The largest absolute Gasteiger partial charge is 0.338 e. The van der Waals surface area contributed by atoms with Crippen molar-refractivity contribution >= 4 is 11.6 Å². The third-order valence-electron chi connectivity index (χ3n) is 4.51. The Morgan fingerprint density at radius 3 is 2.84 bits per heavy atom. The fourth-order valence-corrected chi connectivity index (χ4v) is 3.51. The lowest BCUT2D eigenvalue weighted by Crippen LogP contribution is -2.22. The highest BCUT2D eigenvalue weighted by Crippen LogP contribution is 2.33. The van der Waals surface area contributed by atoms with E-state index < -0.39 is 0 Å². The molecule has 2 heterocycles. The summed E-state index contributed by atoms with van der Waals surface area (Å²) in [6.07, 6.45) is 2.14. The van der Waals surface area contributed by atoms with E-state index in [9.17, 15) is 4.39 Å². The fraction of sp³-hybridized carbons (Fsp3) is 0.263. The highest BCUT2D eigenvalue weighted by atomic mass is 35.5. The predicted octanol–water partition coefficient (Wildman–Crippen LogP) is 4.87. The van der Waals surface area contributed by atoms with E-state index in [4.69, 9.17) is 16.1 Å². The third-order valence-corrected chi connectivity index (χ3v) is 4.74. The Labute approximate surface area is 150 Å². The van der Waals surface area contributed by atoms with Gasteiger partial charge in [0.05, 0.1) is 6.54 Å². The summed E-state index contributed by atoms with van der Waals surface area (Å²) in [5, 5.41) is 4.70. The van der Waals surface area contributed by atoms with Crippen LogP contribution in [0, 0.1) is 5.82 Å². The molecule has 1 fully saturated rings. The van der Waals surface area contributed by atoms with Gasteiger partial charge in [-0.1, -0.05) is 41.0 Å². The van der Waals surface area contributed by atoms with E-state index in [0.717, 1.165) is 30.5 Å². The Morgan fingerprint density at radius 2 is 2.04 bits per heavy atom. The molecule has 1 aliphatic rings. The summed E-state index contributed by atoms with van der Waals surface area (Å²) in [4.78, 5) is 6.78. The van der Waals surface area contributed by atoms with Gasteiger partial charge in [0.25, 0.3) is 0 Å². The topological polar surface area (TPSA) is 42.2 Å². The van der Waals surface area contributed by atoms with Crippen molar-refractivity contribution in [3.8, 4) is 11.4 Å². The van der Waals surface area contributed by atoms with Crippen LogP contribution in [-0.2, 0) is 6.54 Å². The molecule has 3 aromatic rings. The van der Waals surface area contributed by atoms with Gasteiger partial charge < -0.3 is 4.52 Å². The maximum absolute atomic E-state index is 13.2. The normalized spacial score (nSPS) is 17.9. The first-order valence-electron chi connectivity index (χ1n) is 8.27. The number of rotatable bonds is 4. The second-order valence-electron chi connectivity index (χ2n) is 6.20. The van der Waals surface area contributed by atoms with Gasteiger partial charge in [0.2, 0.25) is 11.7 Å². The first-order valence-corrected chi connectivity index (χ1v) is 8.65. The molecule has 2 aromatic carbocycles. The van der Waals surface area contributed by atoms with Gasteiger partial charge in [0.15, 0.2) is 0 Å². The first kappa shape index (κ1) is 16.2. The molecule has 25 heavy (non-hydrogen) atoms. The third kappa shape index (κ3) is 3.57. The zero-order valence-corrected chi connectivity index (χ0v) is 14.3. The number of hydrogen-bond donors (Lipinski definition) is 0. The Bertz CT molecular complexity index is 865. The van der Waals surface area contributed by atoms with Crippen LogP contribution in [0.1, 0.15) is 30.3 Å². The maximum atomic E-state index is 13.2. The van der Waals surface area contributed by atoms with Crippen LogP contribution in [0.15, 0.2) is 53.1 Å². The molecule has 0 unspecified atom stereocenters. The van der Waals surface area contributed by atoms with Crippen LogP contribution in [0.2, 0.25) is 5.02 Å². The highest BCUT2D eigenvalue weighted by Gasteiger charge is 2.27. The van der Waals surface area contributed by atoms with E-state index >= 15 is 0 Å². The molecule has 0 radical (unpaired) electrons. The quantitative estimate of drug-likeness (QED) is 0.668. The second kappa shape index (κ2) is 6.94. The summed E-state index contributed by atoms with van der Waals surface area (Å²) in [5.41, 5.74) is 1.95. The minimum Gasteiger partial charge on any atom is -0.338 e. The van der Waals surface area contributed by atoms with Crippen molar-refractivity contribution in [3.63, 3.8) is 0 Å². The Hall–Kier alpha value is -2.24. The molecule has 6 heteroatoms. The zero-order chi connectivity index (χ0) is 17.2. The van der Waals surface area contributed by atoms with E-state index in [1.807, 2.05) is 36.4 Å². The lowest BCUT2D eigenvalue weighted by Gasteiger charge is -2.23. The van der Waals surface area contributed by atoms with Crippen molar-refractivity contribution in [1.82, 2.24) is 15.0 Å². The number of benzene rings is 2. The standard InChI is InChI=1S/C19H17ClFN3O/c20-15-4-1-3-14(11-15)19-22-18(25-23-19)12-24-10-2-5-17(24)13-6-8-16(21)9-7-13/h1,3-4,6-9,11,17H,2,5,10,12H2/t17-/m1/s1. The average molecular weight is 358 g/mol.